The number of benzene rings is 1. The van der Waals surface area contributed by atoms with E-state index < -0.39 is 0 Å². The van der Waals surface area contributed by atoms with Crippen LogP contribution in [-0.2, 0) is 0 Å². The molecule has 1 aromatic carbocycles. The van der Waals surface area contributed by atoms with Gasteiger partial charge >= 0.3 is 0 Å². The van der Waals surface area contributed by atoms with E-state index >= 15 is 0 Å². The van der Waals surface area contributed by atoms with Gasteiger partial charge in [0.2, 0.25) is 0 Å². The number of nitrogens with zero attached hydrogens (tertiary/aromatic N) is 4. The van der Waals surface area contributed by atoms with Crippen LogP contribution in [0.15, 0.2) is 47.3 Å². The van der Waals surface area contributed by atoms with E-state index in [1.807, 2.05) is 12.1 Å². The van der Waals surface area contributed by atoms with Gasteiger partial charge in [-0.3, -0.25) is 19.4 Å². The van der Waals surface area contributed by atoms with Gasteiger partial charge in [0, 0.05) is 56.1 Å². The SMILES string of the molecule is COc1cc2nn(C3CCC(N4CCNCC4)CC3)cc2cc1NC(=O)c1coc2cccnc12.Cl. The van der Waals surface area contributed by atoms with Crippen LogP contribution in [0.25, 0.3) is 22.0 Å². The fourth-order valence-electron chi connectivity index (χ4n) is 5.48. The number of carbonyl (C=O) groups excluding carboxylic acids is 1. The highest BCUT2D eigenvalue weighted by atomic mass is 35.5. The van der Waals surface area contributed by atoms with Crippen molar-refractivity contribution >= 4 is 46.0 Å². The molecule has 1 aliphatic carbocycles. The third-order valence-electron chi connectivity index (χ3n) is 7.37. The van der Waals surface area contributed by atoms with Crippen LogP contribution in [0.2, 0.25) is 0 Å². The minimum absolute atomic E-state index is 0. The van der Waals surface area contributed by atoms with Crippen LogP contribution < -0.4 is 15.4 Å². The number of halogens is 1. The molecule has 3 aromatic heterocycles. The summed E-state index contributed by atoms with van der Waals surface area (Å²) in [6.07, 6.45) is 9.85. The van der Waals surface area contributed by atoms with Crippen LogP contribution in [0, 0.1) is 0 Å². The van der Waals surface area contributed by atoms with Crippen molar-refractivity contribution in [2.24, 2.45) is 0 Å². The predicted octanol–water partition coefficient (Wildman–Crippen LogP) is 4.25. The molecule has 0 atom stereocenters. The number of ether oxygens (including phenoxy) is 1. The van der Waals surface area contributed by atoms with E-state index in [9.17, 15) is 4.79 Å². The van der Waals surface area contributed by atoms with Crippen molar-refractivity contribution in [3.05, 3.63) is 48.5 Å². The molecule has 1 saturated heterocycles. The number of carbonyl (C=O) groups is 1. The van der Waals surface area contributed by atoms with Gasteiger partial charge in [0.25, 0.3) is 5.91 Å². The molecule has 2 aliphatic rings. The van der Waals surface area contributed by atoms with Crippen LogP contribution in [-0.4, -0.2) is 64.9 Å². The average Bonchev–Trinajstić information content (AvgIpc) is 3.53. The van der Waals surface area contributed by atoms with Crippen LogP contribution >= 0.6 is 12.4 Å². The van der Waals surface area contributed by atoms with Crippen LogP contribution in [0.4, 0.5) is 5.69 Å². The number of furan rings is 1. The molecule has 6 rings (SSSR count). The van der Waals surface area contributed by atoms with E-state index in [0.717, 1.165) is 49.9 Å². The quantitative estimate of drug-likeness (QED) is 0.414. The number of hydrogen-bond donors (Lipinski definition) is 2. The Morgan fingerprint density at radius 3 is 2.72 bits per heavy atom. The number of anilines is 1. The summed E-state index contributed by atoms with van der Waals surface area (Å²) >= 11 is 0. The maximum absolute atomic E-state index is 13.0. The molecule has 0 unspecified atom stereocenters. The lowest BCUT2D eigenvalue weighted by Crippen LogP contribution is -2.49. The first-order chi connectivity index (χ1) is 17.2. The summed E-state index contributed by atoms with van der Waals surface area (Å²) in [4.78, 5) is 19.9. The number of amides is 1. The Morgan fingerprint density at radius 2 is 1.94 bits per heavy atom. The van der Waals surface area contributed by atoms with Gasteiger partial charge in [0.1, 0.15) is 23.1 Å². The number of rotatable bonds is 5. The summed E-state index contributed by atoms with van der Waals surface area (Å²) in [5, 5.41) is 12.3. The Morgan fingerprint density at radius 1 is 1.17 bits per heavy atom. The monoisotopic (exact) mass is 510 g/mol. The molecule has 0 spiro atoms. The average molecular weight is 511 g/mol. The normalized spacial score (nSPS) is 20.8. The van der Waals surface area contributed by atoms with Crippen molar-refractivity contribution < 1.29 is 13.9 Å². The first kappa shape index (κ1) is 24.5. The van der Waals surface area contributed by atoms with Crippen molar-refractivity contribution in [3.8, 4) is 5.75 Å². The number of hydrogen-bond acceptors (Lipinski definition) is 7. The summed E-state index contributed by atoms with van der Waals surface area (Å²) < 4.78 is 13.2. The van der Waals surface area contributed by atoms with Crippen LogP contribution in [0.3, 0.4) is 0 Å². The van der Waals surface area contributed by atoms with Crippen molar-refractivity contribution in [1.29, 1.82) is 0 Å². The van der Waals surface area contributed by atoms with E-state index in [1.54, 1.807) is 25.4 Å². The molecule has 10 heteroatoms. The van der Waals surface area contributed by atoms with Crippen molar-refractivity contribution in [1.82, 2.24) is 25.0 Å². The lowest BCUT2D eigenvalue weighted by atomic mass is 9.90. The number of methoxy groups -OCH3 is 1. The van der Waals surface area contributed by atoms with E-state index in [4.69, 9.17) is 14.3 Å². The topological polar surface area (TPSA) is 97.5 Å². The molecule has 4 heterocycles. The van der Waals surface area contributed by atoms with Gasteiger partial charge in [-0.1, -0.05) is 0 Å². The molecule has 9 nitrogen and oxygen atoms in total. The number of aromatic nitrogens is 3. The molecular weight excluding hydrogens is 480 g/mol. The highest BCUT2D eigenvalue weighted by Gasteiger charge is 2.28. The van der Waals surface area contributed by atoms with E-state index in [2.05, 4.69) is 31.4 Å². The summed E-state index contributed by atoms with van der Waals surface area (Å²) in [6.45, 7) is 4.50. The summed E-state index contributed by atoms with van der Waals surface area (Å²) in [7, 11) is 1.60. The lowest BCUT2D eigenvalue weighted by Gasteiger charge is -2.39. The Labute approximate surface area is 215 Å². The zero-order chi connectivity index (χ0) is 23.8. The highest BCUT2D eigenvalue weighted by Crippen LogP contribution is 2.35. The molecule has 2 N–H and O–H groups in total. The molecular formula is C26H31ClN6O3. The van der Waals surface area contributed by atoms with Gasteiger partial charge in [0.15, 0.2) is 5.58 Å². The van der Waals surface area contributed by atoms with Gasteiger partial charge in [-0.15, -0.1) is 12.4 Å². The lowest BCUT2D eigenvalue weighted by molar-refractivity contribution is 0.102. The van der Waals surface area contributed by atoms with E-state index in [1.165, 1.54) is 19.1 Å². The van der Waals surface area contributed by atoms with Crippen molar-refractivity contribution in [2.45, 2.75) is 37.8 Å². The molecule has 36 heavy (non-hydrogen) atoms. The Bertz CT molecular complexity index is 1350. The fraction of sp³-hybridized carbons (Fsp3) is 0.423. The number of fused-ring (bicyclic) bond motifs is 2. The third kappa shape index (κ3) is 4.66. The molecule has 190 valence electrons. The summed E-state index contributed by atoms with van der Waals surface area (Å²) in [5.74, 6) is 0.276. The number of piperazine rings is 1. The minimum atomic E-state index is -0.293. The van der Waals surface area contributed by atoms with E-state index in [0.29, 0.717) is 40.2 Å². The van der Waals surface area contributed by atoms with Gasteiger partial charge < -0.3 is 19.8 Å². The Hall–Kier alpha value is -3.14. The van der Waals surface area contributed by atoms with Crippen LogP contribution in [0.5, 0.6) is 5.75 Å². The smallest absolute Gasteiger partial charge is 0.261 e. The molecule has 2 fully saturated rings. The second kappa shape index (κ2) is 10.5. The first-order valence-corrected chi connectivity index (χ1v) is 12.3. The second-order valence-corrected chi connectivity index (χ2v) is 9.42. The highest BCUT2D eigenvalue weighted by molar-refractivity contribution is 6.12. The zero-order valence-corrected chi connectivity index (χ0v) is 21.1. The summed E-state index contributed by atoms with van der Waals surface area (Å²) in [5.41, 5.74) is 2.96. The second-order valence-electron chi connectivity index (χ2n) is 9.42. The Kier molecular flexibility index (Phi) is 7.13. The van der Waals surface area contributed by atoms with Crippen molar-refractivity contribution in [3.63, 3.8) is 0 Å². The minimum Gasteiger partial charge on any atom is -0.494 e. The Balaban J connectivity index is 0.00000267. The summed E-state index contributed by atoms with van der Waals surface area (Å²) in [6, 6.07) is 8.47. The molecule has 1 saturated carbocycles. The largest absolute Gasteiger partial charge is 0.494 e. The van der Waals surface area contributed by atoms with Gasteiger partial charge in [-0.2, -0.15) is 5.10 Å². The number of pyridine rings is 1. The van der Waals surface area contributed by atoms with Gasteiger partial charge in [-0.05, 0) is 43.9 Å². The van der Waals surface area contributed by atoms with Crippen molar-refractivity contribution in [2.75, 3.05) is 38.6 Å². The van der Waals surface area contributed by atoms with Crippen LogP contribution in [0.1, 0.15) is 42.1 Å². The fourth-order valence-corrected chi connectivity index (χ4v) is 5.48. The zero-order valence-electron chi connectivity index (χ0n) is 20.3. The number of nitrogens with one attached hydrogen (secondary N) is 2. The maximum Gasteiger partial charge on any atom is 0.261 e. The predicted molar refractivity (Wildman–Crippen MR) is 141 cm³/mol. The van der Waals surface area contributed by atoms with E-state index in [-0.39, 0.29) is 18.3 Å². The molecule has 4 aromatic rings. The standard InChI is InChI=1S/C26H30N6O3.ClH/c1-34-24-14-21-17(13-22(24)29-26(33)20-16-35-23-3-2-8-28-25(20)23)15-32(30-21)19-6-4-18(5-7-19)31-11-9-27-10-12-31;/h2-3,8,13-16,18-19,27H,4-7,9-12H2,1H3,(H,29,33);1H. The molecule has 0 radical (unpaired) electrons. The van der Waals surface area contributed by atoms with Gasteiger partial charge in [-0.25, -0.2) is 0 Å². The maximum atomic E-state index is 13.0. The molecule has 1 amide bonds. The van der Waals surface area contributed by atoms with Gasteiger partial charge in [0.05, 0.1) is 24.4 Å². The first-order valence-electron chi connectivity index (χ1n) is 12.3. The molecule has 1 aliphatic heterocycles. The third-order valence-corrected chi connectivity index (χ3v) is 7.37. The molecule has 0 bridgehead atoms.